The molecule has 4 rings (SSSR count). The van der Waals surface area contributed by atoms with Gasteiger partial charge >= 0.3 is 0 Å². The van der Waals surface area contributed by atoms with E-state index in [2.05, 4.69) is 5.32 Å². The highest BCUT2D eigenvalue weighted by atomic mass is 32.1. The summed E-state index contributed by atoms with van der Waals surface area (Å²) in [6.45, 7) is 2.65. The maximum absolute atomic E-state index is 13.0. The van der Waals surface area contributed by atoms with Gasteiger partial charge in [0.05, 0.1) is 12.0 Å². The minimum atomic E-state index is 0.00132. The van der Waals surface area contributed by atoms with E-state index in [1.54, 1.807) is 7.11 Å². The van der Waals surface area contributed by atoms with Crippen molar-refractivity contribution in [1.29, 1.82) is 0 Å². The number of nitrogens with one attached hydrogen (secondary N) is 1. The van der Waals surface area contributed by atoms with Gasteiger partial charge in [0.15, 0.2) is 0 Å². The van der Waals surface area contributed by atoms with Gasteiger partial charge in [-0.15, -0.1) is 11.3 Å². The number of nitrogens with zero attached hydrogens (tertiary/aromatic N) is 1. The van der Waals surface area contributed by atoms with Crippen molar-refractivity contribution in [2.75, 3.05) is 13.7 Å². The number of methoxy groups -OCH3 is 1. The molecule has 2 heterocycles. The smallest absolute Gasteiger partial charge is 0.261 e. The average Bonchev–Trinajstić information content (AvgIpc) is 3.37. The Labute approximate surface area is 157 Å². The Bertz CT molecular complexity index is 834. The van der Waals surface area contributed by atoms with Crippen LogP contribution in [0.1, 0.15) is 38.4 Å². The van der Waals surface area contributed by atoms with Gasteiger partial charge in [0.1, 0.15) is 5.75 Å². The second-order valence-corrected chi connectivity index (χ2v) is 8.03. The van der Waals surface area contributed by atoms with E-state index >= 15 is 0 Å². The molecule has 3 atom stereocenters. The predicted octanol–water partition coefficient (Wildman–Crippen LogP) is 3.10. The number of carbonyl (C=O) groups excluding carboxylic acids is 2. The van der Waals surface area contributed by atoms with Crippen molar-refractivity contribution in [3.63, 3.8) is 0 Å². The van der Waals surface area contributed by atoms with Gasteiger partial charge in [-0.2, -0.15) is 0 Å². The Morgan fingerprint density at radius 2 is 2.12 bits per heavy atom. The second kappa shape index (κ2) is 6.76. The van der Waals surface area contributed by atoms with Crippen LogP contribution >= 0.6 is 11.3 Å². The van der Waals surface area contributed by atoms with Crippen molar-refractivity contribution < 1.29 is 14.3 Å². The quantitative estimate of drug-likeness (QED) is 0.900. The molecule has 1 aliphatic heterocycles. The van der Waals surface area contributed by atoms with Gasteiger partial charge in [-0.25, -0.2) is 0 Å². The first-order valence-electron chi connectivity index (χ1n) is 8.87. The molecule has 1 saturated heterocycles. The van der Waals surface area contributed by atoms with Gasteiger partial charge in [0.25, 0.3) is 11.8 Å². The van der Waals surface area contributed by atoms with E-state index in [1.165, 1.54) is 11.3 Å². The molecule has 5 nitrogen and oxygen atoms in total. The van der Waals surface area contributed by atoms with Gasteiger partial charge in [0, 0.05) is 24.2 Å². The number of rotatable bonds is 4. The van der Waals surface area contributed by atoms with Gasteiger partial charge in [-0.05, 0) is 60.9 Å². The minimum Gasteiger partial charge on any atom is -0.497 e. The Kier molecular flexibility index (Phi) is 4.44. The first-order chi connectivity index (χ1) is 12.6. The van der Waals surface area contributed by atoms with Crippen LogP contribution in [0.2, 0.25) is 0 Å². The van der Waals surface area contributed by atoms with Crippen LogP contribution in [0.4, 0.5) is 0 Å². The summed E-state index contributed by atoms with van der Waals surface area (Å²) in [5.41, 5.74) is 1.66. The second-order valence-electron chi connectivity index (χ2n) is 7.08. The summed E-state index contributed by atoms with van der Waals surface area (Å²) in [6.07, 6.45) is 1.80. The van der Waals surface area contributed by atoms with Crippen LogP contribution in [0, 0.1) is 12.8 Å². The number of ether oxygens (including phenoxy) is 1. The summed E-state index contributed by atoms with van der Waals surface area (Å²) in [5.74, 6) is 1.19. The van der Waals surface area contributed by atoms with Gasteiger partial charge in [-0.3, -0.25) is 9.59 Å². The van der Waals surface area contributed by atoms with Gasteiger partial charge < -0.3 is 15.0 Å². The largest absolute Gasteiger partial charge is 0.497 e. The molecule has 0 unspecified atom stereocenters. The van der Waals surface area contributed by atoms with Crippen LogP contribution in [-0.4, -0.2) is 42.5 Å². The third-order valence-electron chi connectivity index (χ3n) is 5.53. The summed E-state index contributed by atoms with van der Waals surface area (Å²) in [7, 11) is 1.63. The monoisotopic (exact) mass is 370 g/mol. The number of hydrogen-bond donors (Lipinski definition) is 1. The zero-order valence-corrected chi connectivity index (χ0v) is 15.7. The summed E-state index contributed by atoms with van der Waals surface area (Å²) in [4.78, 5) is 28.0. The Balaban J connectivity index is 1.42. The molecule has 26 heavy (non-hydrogen) atoms. The lowest BCUT2D eigenvalue weighted by molar-refractivity contribution is 0.0679. The minimum absolute atomic E-state index is 0.00132. The highest BCUT2D eigenvalue weighted by Gasteiger charge is 2.47. The van der Waals surface area contributed by atoms with E-state index in [1.807, 2.05) is 47.5 Å². The average molecular weight is 370 g/mol. The lowest BCUT2D eigenvalue weighted by Gasteiger charge is -2.32. The number of carbonyl (C=O) groups is 2. The van der Waals surface area contributed by atoms with Crippen LogP contribution in [0.25, 0.3) is 0 Å². The molecule has 0 spiro atoms. The molecule has 2 bridgehead atoms. The fourth-order valence-corrected chi connectivity index (χ4v) is 4.81. The van der Waals surface area contributed by atoms with Gasteiger partial charge in [0.2, 0.25) is 0 Å². The molecule has 1 aromatic carbocycles. The molecule has 0 radical (unpaired) electrons. The number of benzene rings is 1. The van der Waals surface area contributed by atoms with Crippen molar-refractivity contribution >= 4 is 23.2 Å². The normalized spacial score (nSPS) is 23.9. The lowest BCUT2D eigenvalue weighted by Crippen LogP contribution is -2.47. The van der Waals surface area contributed by atoms with Crippen LogP contribution in [-0.2, 0) is 0 Å². The molecular formula is C20H22N2O3S. The fourth-order valence-electron chi connectivity index (χ4n) is 4.18. The lowest BCUT2D eigenvalue weighted by atomic mass is 10.0. The topological polar surface area (TPSA) is 58.6 Å². The molecular weight excluding hydrogens is 348 g/mol. The summed E-state index contributed by atoms with van der Waals surface area (Å²) < 4.78 is 5.22. The Morgan fingerprint density at radius 3 is 2.73 bits per heavy atom. The van der Waals surface area contributed by atoms with Crippen molar-refractivity contribution in [2.24, 2.45) is 5.92 Å². The molecule has 2 amide bonds. The third-order valence-corrected chi connectivity index (χ3v) is 6.40. The first-order valence-corrected chi connectivity index (χ1v) is 9.74. The number of amides is 2. The Morgan fingerprint density at radius 1 is 1.27 bits per heavy atom. The maximum Gasteiger partial charge on any atom is 0.261 e. The highest BCUT2D eigenvalue weighted by Crippen LogP contribution is 2.39. The van der Waals surface area contributed by atoms with Crippen molar-refractivity contribution in [1.82, 2.24) is 10.2 Å². The number of piperidine rings is 1. The SMILES string of the molecule is COc1ccc(C(=O)N2C[C@@H]3C[C@H]2C[C@@H]3NC(=O)c2cccs2)c(C)c1. The van der Waals surface area contributed by atoms with E-state index in [4.69, 9.17) is 4.74 Å². The molecule has 1 aliphatic carbocycles. The summed E-state index contributed by atoms with van der Waals surface area (Å²) in [6, 6.07) is 9.68. The van der Waals surface area contributed by atoms with Crippen LogP contribution < -0.4 is 10.1 Å². The van der Waals surface area contributed by atoms with E-state index in [0.717, 1.165) is 34.6 Å². The molecule has 1 aromatic heterocycles. The molecule has 2 aromatic rings. The molecule has 1 saturated carbocycles. The van der Waals surface area contributed by atoms with E-state index < -0.39 is 0 Å². The summed E-state index contributed by atoms with van der Waals surface area (Å²) >= 11 is 1.45. The van der Waals surface area contributed by atoms with Crippen molar-refractivity contribution in [2.45, 2.75) is 31.8 Å². The van der Waals surface area contributed by atoms with E-state index in [0.29, 0.717) is 12.5 Å². The standard InChI is InChI=1S/C20H22N2O3S/c1-12-8-15(25-2)5-6-16(12)20(24)22-11-13-9-14(22)10-17(13)21-19(23)18-4-3-7-26-18/h3-8,13-14,17H,9-11H2,1-2H3,(H,21,23)/t13-,14-,17-/m0/s1. The highest BCUT2D eigenvalue weighted by molar-refractivity contribution is 7.12. The van der Waals surface area contributed by atoms with Gasteiger partial charge in [-0.1, -0.05) is 6.07 Å². The number of hydrogen-bond acceptors (Lipinski definition) is 4. The Hall–Kier alpha value is -2.34. The summed E-state index contributed by atoms with van der Waals surface area (Å²) in [5, 5.41) is 5.07. The number of aryl methyl sites for hydroxylation is 1. The molecule has 2 aliphatic rings. The molecule has 6 heteroatoms. The first kappa shape index (κ1) is 17.1. The van der Waals surface area contributed by atoms with E-state index in [-0.39, 0.29) is 23.9 Å². The molecule has 2 fully saturated rings. The number of fused-ring (bicyclic) bond motifs is 2. The van der Waals surface area contributed by atoms with Crippen molar-refractivity contribution in [3.05, 3.63) is 51.7 Å². The third kappa shape index (κ3) is 2.98. The molecule has 1 N–H and O–H groups in total. The van der Waals surface area contributed by atoms with Crippen LogP contribution in [0.3, 0.4) is 0 Å². The van der Waals surface area contributed by atoms with Crippen LogP contribution in [0.5, 0.6) is 5.75 Å². The zero-order valence-electron chi connectivity index (χ0n) is 14.9. The van der Waals surface area contributed by atoms with E-state index in [9.17, 15) is 9.59 Å². The number of thiophene rings is 1. The maximum atomic E-state index is 13.0. The molecule has 136 valence electrons. The number of likely N-dealkylation sites (tertiary alicyclic amines) is 1. The fraction of sp³-hybridized carbons (Fsp3) is 0.400. The zero-order chi connectivity index (χ0) is 18.3. The van der Waals surface area contributed by atoms with Crippen molar-refractivity contribution in [3.8, 4) is 5.75 Å². The van der Waals surface area contributed by atoms with Crippen LogP contribution in [0.15, 0.2) is 35.7 Å². The predicted molar refractivity (Wildman–Crippen MR) is 101 cm³/mol.